The molecule has 0 saturated heterocycles. The predicted molar refractivity (Wildman–Crippen MR) is 131 cm³/mol. The number of para-hydroxylation sites is 5. The molecule has 0 aliphatic carbocycles. The third kappa shape index (κ3) is 3.27. The summed E-state index contributed by atoms with van der Waals surface area (Å²) in [5.41, 5.74) is 4.38. The van der Waals surface area contributed by atoms with Gasteiger partial charge in [-0.2, -0.15) is 9.99 Å². The van der Waals surface area contributed by atoms with Gasteiger partial charge in [0.25, 0.3) is 0 Å². The van der Waals surface area contributed by atoms with E-state index in [-0.39, 0.29) is 0 Å². The number of thiazole rings is 1. The molecule has 0 radical (unpaired) electrons. The lowest BCUT2D eigenvalue weighted by Crippen LogP contribution is -2.36. The first kappa shape index (κ1) is 18.6. The highest BCUT2D eigenvalue weighted by atomic mass is 32.1. The van der Waals surface area contributed by atoms with Gasteiger partial charge in [-0.1, -0.05) is 72.0 Å². The van der Waals surface area contributed by atoms with Gasteiger partial charge in [0.05, 0.1) is 21.6 Å². The summed E-state index contributed by atoms with van der Waals surface area (Å²) in [5, 5.41) is 4.86. The Hall–Kier alpha value is -4.16. The maximum absolute atomic E-state index is 6.23. The van der Waals surface area contributed by atoms with E-state index in [1.807, 2.05) is 96.0 Å². The summed E-state index contributed by atoms with van der Waals surface area (Å²) in [6, 6.07) is 36.7. The van der Waals surface area contributed by atoms with Crippen LogP contribution in [0.15, 0.2) is 114 Å². The lowest BCUT2D eigenvalue weighted by molar-refractivity contribution is 0.593. The van der Waals surface area contributed by atoms with Gasteiger partial charge in [-0.15, -0.1) is 0 Å². The summed E-state index contributed by atoms with van der Waals surface area (Å²) in [7, 11) is 0. The van der Waals surface area contributed by atoms with Crippen LogP contribution >= 0.6 is 11.3 Å². The molecule has 0 unspecified atom stereocenters. The van der Waals surface area contributed by atoms with Crippen molar-refractivity contribution in [3.63, 3.8) is 0 Å². The Morgan fingerprint density at radius 2 is 1.16 bits per heavy atom. The minimum Gasteiger partial charge on any atom is -0.422 e. The van der Waals surface area contributed by atoms with Crippen LogP contribution in [0.1, 0.15) is 0 Å². The van der Waals surface area contributed by atoms with E-state index in [1.165, 1.54) is 0 Å². The Morgan fingerprint density at radius 1 is 0.562 bits per heavy atom. The van der Waals surface area contributed by atoms with E-state index in [0.717, 1.165) is 37.8 Å². The maximum atomic E-state index is 6.23. The molecular weight excluding hydrogens is 416 g/mol. The highest BCUT2D eigenvalue weighted by Crippen LogP contribution is 2.40. The summed E-state index contributed by atoms with van der Waals surface area (Å²) in [6.45, 7) is 0. The largest absolute Gasteiger partial charge is 0.422 e. The zero-order valence-corrected chi connectivity index (χ0v) is 17.8. The van der Waals surface area contributed by atoms with Crippen LogP contribution in [0.2, 0.25) is 0 Å². The van der Waals surface area contributed by atoms with Gasteiger partial charge in [0.1, 0.15) is 5.52 Å². The second kappa shape index (κ2) is 7.83. The van der Waals surface area contributed by atoms with E-state index in [0.29, 0.717) is 6.01 Å². The van der Waals surface area contributed by atoms with E-state index in [4.69, 9.17) is 14.4 Å². The zero-order chi connectivity index (χ0) is 21.3. The quantitative estimate of drug-likeness (QED) is 0.266. The smallest absolute Gasteiger partial charge is 0.323 e. The lowest BCUT2D eigenvalue weighted by atomic mass is 10.3. The van der Waals surface area contributed by atoms with Gasteiger partial charge in [0, 0.05) is 0 Å². The van der Waals surface area contributed by atoms with Gasteiger partial charge >= 0.3 is 6.01 Å². The standard InChI is InChI=1S/C26H18N4OS/c1-3-11-19(12-4-1)29(25-27-21-15-7-9-17-23(21)31-25)30(20-13-5-2-6-14-20)26-28-22-16-8-10-18-24(22)32-26/h1-18H. The second-order valence-electron chi connectivity index (χ2n) is 7.22. The summed E-state index contributed by atoms with van der Waals surface area (Å²) in [5.74, 6) is 0. The van der Waals surface area contributed by atoms with E-state index in [9.17, 15) is 0 Å². The number of anilines is 4. The summed E-state index contributed by atoms with van der Waals surface area (Å²) in [6.07, 6.45) is 0. The van der Waals surface area contributed by atoms with Crippen LogP contribution in [0.25, 0.3) is 21.3 Å². The van der Waals surface area contributed by atoms with Crippen molar-refractivity contribution < 1.29 is 4.42 Å². The molecule has 6 heteroatoms. The molecule has 0 saturated carbocycles. The molecule has 6 aromatic rings. The molecule has 5 nitrogen and oxygen atoms in total. The van der Waals surface area contributed by atoms with Gasteiger partial charge in [-0.3, -0.25) is 0 Å². The first-order valence-electron chi connectivity index (χ1n) is 10.3. The fraction of sp³-hybridized carbons (Fsp3) is 0. The average molecular weight is 435 g/mol. The third-order valence-electron chi connectivity index (χ3n) is 5.13. The fourth-order valence-corrected chi connectivity index (χ4v) is 4.64. The second-order valence-corrected chi connectivity index (χ2v) is 8.23. The van der Waals surface area contributed by atoms with Crippen molar-refractivity contribution in [1.29, 1.82) is 0 Å². The zero-order valence-electron chi connectivity index (χ0n) is 17.0. The molecule has 0 spiro atoms. The monoisotopic (exact) mass is 434 g/mol. The summed E-state index contributed by atoms with van der Waals surface area (Å²) in [4.78, 5) is 9.76. The van der Waals surface area contributed by atoms with Crippen LogP contribution in [-0.4, -0.2) is 9.97 Å². The van der Waals surface area contributed by atoms with E-state index >= 15 is 0 Å². The van der Waals surface area contributed by atoms with Crippen LogP contribution in [-0.2, 0) is 0 Å². The first-order chi connectivity index (χ1) is 15.9. The van der Waals surface area contributed by atoms with Crippen molar-refractivity contribution in [2.24, 2.45) is 0 Å². The Bertz CT molecular complexity index is 1310. The molecule has 0 bridgehead atoms. The molecule has 0 atom stereocenters. The van der Waals surface area contributed by atoms with Crippen LogP contribution < -0.4 is 10.0 Å². The molecule has 0 aliphatic rings. The Morgan fingerprint density at radius 3 is 1.84 bits per heavy atom. The molecule has 0 fully saturated rings. The molecular formula is C26H18N4OS. The highest BCUT2D eigenvalue weighted by Gasteiger charge is 2.28. The number of hydrogen-bond donors (Lipinski definition) is 0. The van der Waals surface area contributed by atoms with E-state index in [2.05, 4.69) is 23.2 Å². The van der Waals surface area contributed by atoms with E-state index < -0.39 is 0 Å². The van der Waals surface area contributed by atoms with Crippen molar-refractivity contribution in [1.82, 2.24) is 9.97 Å². The molecule has 4 aromatic carbocycles. The van der Waals surface area contributed by atoms with Crippen LogP contribution in [0, 0.1) is 0 Å². The molecule has 0 N–H and O–H groups in total. The number of nitrogens with zero attached hydrogens (tertiary/aromatic N) is 4. The van der Waals surface area contributed by atoms with Crippen molar-refractivity contribution in [3.05, 3.63) is 109 Å². The SMILES string of the molecule is c1ccc(N(c2nc3ccccc3o2)N(c2ccccc2)c2nc3ccccc3s2)cc1. The molecule has 32 heavy (non-hydrogen) atoms. The van der Waals surface area contributed by atoms with Crippen LogP contribution in [0.4, 0.5) is 22.5 Å². The summed E-state index contributed by atoms with van der Waals surface area (Å²) < 4.78 is 7.35. The molecule has 0 aliphatic heterocycles. The number of benzene rings is 4. The number of rotatable bonds is 5. The Kier molecular flexibility index (Phi) is 4.55. The minimum atomic E-state index is 0.473. The topological polar surface area (TPSA) is 45.4 Å². The Labute approximate surface area is 188 Å². The van der Waals surface area contributed by atoms with Crippen LogP contribution in [0.5, 0.6) is 0 Å². The first-order valence-corrected chi connectivity index (χ1v) is 11.1. The predicted octanol–water partition coefficient (Wildman–Crippen LogP) is 7.33. The van der Waals surface area contributed by atoms with Crippen molar-refractivity contribution in [2.75, 3.05) is 10.0 Å². The number of oxazole rings is 1. The molecule has 2 aromatic heterocycles. The molecule has 0 amide bonds. The van der Waals surface area contributed by atoms with Gasteiger partial charge in [0.15, 0.2) is 5.58 Å². The minimum absolute atomic E-state index is 0.473. The molecule has 154 valence electrons. The fourth-order valence-electron chi connectivity index (χ4n) is 3.66. The average Bonchev–Trinajstić information content (AvgIpc) is 3.47. The molecule has 6 rings (SSSR count). The van der Waals surface area contributed by atoms with Crippen LogP contribution in [0.3, 0.4) is 0 Å². The van der Waals surface area contributed by atoms with Crippen molar-refractivity contribution in [3.8, 4) is 0 Å². The van der Waals surface area contributed by atoms with Gasteiger partial charge in [-0.25, -0.2) is 9.99 Å². The van der Waals surface area contributed by atoms with Gasteiger partial charge in [-0.05, 0) is 48.5 Å². The van der Waals surface area contributed by atoms with Gasteiger partial charge in [0.2, 0.25) is 5.13 Å². The maximum Gasteiger partial charge on any atom is 0.323 e. The third-order valence-corrected chi connectivity index (χ3v) is 6.14. The molecule has 2 heterocycles. The summed E-state index contributed by atoms with van der Waals surface area (Å²) >= 11 is 1.63. The number of hydrogen-bond acceptors (Lipinski definition) is 6. The Balaban J connectivity index is 1.61. The normalized spacial score (nSPS) is 11.1. The van der Waals surface area contributed by atoms with Crippen molar-refractivity contribution in [2.45, 2.75) is 0 Å². The number of hydrazine groups is 1. The van der Waals surface area contributed by atoms with E-state index in [1.54, 1.807) is 11.3 Å². The number of aromatic nitrogens is 2. The number of fused-ring (bicyclic) bond motifs is 2. The lowest BCUT2D eigenvalue weighted by Gasteiger charge is -2.33. The highest BCUT2D eigenvalue weighted by molar-refractivity contribution is 7.22. The van der Waals surface area contributed by atoms with Gasteiger partial charge < -0.3 is 4.42 Å². The van der Waals surface area contributed by atoms with Crippen molar-refractivity contribution >= 4 is 55.2 Å².